The van der Waals surface area contributed by atoms with Crippen molar-refractivity contribution in [3.8, 4) is 0 Å². The molecular weight excluding hydrogens is 356 g/mol. The van der Waals surface area contributed by atoms with Crippen molar-refractivity contribution in [1.29, 1.82) is 0 Å². The first-order valence-corrected chi connectivity index (χ1v) is 9.36. The van der Waals surface area contributed by atoms with Gasteiger partial charge in [0, 0.05) is 50.1 Å². The summed E-state index contributed by atoms with van der Waals surface area (Å²) in [4.78, 5) is 14.0. The Morgan fingerprint density at radius 1 is 1.25 bits per heavy atom. The summed E-state index contributed by atoms with van der Waals surface area (Å²) < 4.78 is 7.26. The van der Waals surface area contributed by atoms with Gasteiger partial charge in [0.25, 0.3) is 0 Å². The van der Waals surface area contributed by atoms with Crippen molar-refractivity contribution >= 4 is 23.2 Å². The topological polar surface area (TPSA) is 79.5 Å². The molecule has 8 nitrogen and oxygen atoms in total. The molecule has 0 spiro atoms. The molecule has 0 saturated carbocycles. The number of hydrogen-bond donors (Lipinski definition) is 1. The van der Waals surface area contributed by atoms with Crippen molar-refractivity contribution < 1.29 is 9.84 Å². The van der Waals surface area contributed by atoms with Gasteiger partial charge in [0.1, 0.15) is 5.82 Å². The van der Waals surface area contributed by atoms with Crippen LogP contribution in [0.2, 0.25) is 0 Å². The van der Waals surface area contributed by atoms with Crippen LogP contribution < -0.4 is 9.80 Å². The van der Waals surface area contributed by atoms with Crippen LogP contribution in [-0.2, 0) is 18.2 Å². The lowest BCUT2D eigenvalue weighted by Crippen LogP contribution is -2.37. The van der Waals surface area contributed by atoms with Crippen molar-refractivity contribution in [2.75, 3.05) is 42.6 Å². The highest BCUT2D eigenvalue weighted by Crippen LogP contribution is 2.37. The number of nitrogens with zero attached hydrogens (tertiary/aromatic N) is 6. The first kappa shape index (κ1) is 18.2. The van der Waals surface area contributed by atoms with E-state index in [0.29, 0.717) is 19.2 Å². The molecule has 146 valence electrons. The predicted octanol–water partition coefficient (Wildman–Crippen LogP) is 2.38. The highest BCUT2D eigenvalue weighted by Gasteiger charge is 2.30. The summed E-state index contributed by atoms with van der Waals surface area (Å²) in [5.74, 6) is 2.40. The molecule has 1 N–H and O–H groups in total. The maximum absolute atomic E-state index is 9.37. The number of morpholine rings is 1. The summed E-state index contributed by atoms with van der Waals surface area (Å²) in [6.07, 6.45) is 8.94. The summed E-state index contributed by atoms with van der Waals surface area (Å²) in [6.45, 7) is 7.39. The summed E-state index contributed by atoms with van der Waals surface area (Å²) in [5.41, 5.74) is 2.66. The Morgan fingerprint density at radius 2 is 2.07 bits per heavy atom. The molecule has 0 radical (unpaired) electrons. The van der Waals surface area contributed by atoms with Crippen LogP contribution in [0.1, 0.15) is 11.3 Å². The molecule has 2 aliphatic rings. The number of ether oxygens (including phenoxy) is 1. The van der Waals surface area contributed by atoms with Crippen LogP contribution in [0, 0.1) is 0 Å². The number of rotatable bonds is 5. The Kier molecular flexibility index (Phi) is 5.12. The van der Waals surface area contributed by atoms with E-state index in [1.54, 1.807) is 16.8 Å². The van der Waals surface area contributed by atoms with Gasteiger partial charge in [0.05, 0.1) is 25.2 Å². The average Bonchev–Trinajstić information content (AvgIpc) is 3.33. The van der Waals surface area contributed by atoms with Crippen molar-refractivity contribution in [3.05, 3.63) is 54.6 Å². The van der Waals surface area contributed by atoms with Gasteiger partial charge in [-0.2, -0.15) is 10.1 Å². The number of fused-ring (bicyclic) bond motifs is 1. The van der Waals surface area contributed by atoms with Gasteiger partial charge in [-0.3, -0.25) is 4.68 Å². The zero-order valence-corrected chi connectivity index (χ0v) is 16.0. The largest absolute Gasteiger partial charge is 0.516 e. The molecule has 4 heterocycles. The number of aliphatic hydroxyl groups is 1. The van der Waals surface area contributed by atoms with E-state index >= 15 is 0 Å². The molecule has 0 aromatic carbocycles. The molecule has 2 aliphatic heterocycles. The second kappa shape index (κ2) is 7.85. The molecule has 2 aromatic rings. The van der Waals surface area contributed by atoms with Gasteiger partial charge in [-0.25, -0.2) is 4.98 Å². The van der Waals surface area contributed by atoms with Crippen LogP contribution in [0.4, 0.5) is 17.6 Å². The fourth-order valence-corrected chi connectivity index (χ4v) is 3.58. The highest BCUT2D eigenvalue weighted by molar-refractivity contribution is 5.80. The van der Waals surface area contributed by atoms with Gasteiger partial charge in [-0.15, -0.1) is 0 Å². The second-order valence-corrected chi connectivity index (χ2v) is 6.70. The zero-order valence-electron chi connectivity index (χ0n) is 16.0. The lowest BCUT2D eigenvalue weighted by molar-refractivity contribution is 0.122. The van der Waals surface area contributed by atoms with E-state index in [9.17, 15) is 5.11 Å². The van der Waals surface area contributed by atoms with Gasteiger partial charge >= 0.3 is 0 Å². The molecule has 4 rings (SSSR count). The molecule has 0 atom stereocenters. The Balaban J connectivity index is 1.85. The van der Waals surface area contributed by atoms with E-state index in [1.165, 1.54) is 0 Å². The van der Waals surface area contributed by atoms with Crippen LogP contribution in [0.5, 0.6) is 0 Å². The molecule has 0 unspecified atom stereocenters. The van der Waals surface area contributed by atoms with Gasteiger partial charge in [0.2, 0.25) is 5.95 Å². The van der Waals surface area contributed by atoms with Gasteiger partial charge in [-0.05, 0) is 12.5 Å². The standard InChI is InChI=1S/C20H24N6O2/c1-3-4-15(7-12-27)18-16-5-9-26(17-6-8-24(2)23-17)19(16)22-20(21-18)25-10-13-28-14-11-25/h3-4,6-8,12,27H,1,5,9-11,13-14H2,2H3. The smallest absolute Gasteiger partial charge is 0.228 e. The fourth-order valence-electron chi connectivity index (χ4n) is 3.58. The van der Waals surface area contributed by atoms with Gasteiger partial charge in [0.15, 0.2) is 5.82 Å². The van der Waals surface area contributed by atoms with Gasteiger partial charge < -0.3 is 19.6 Å². The summed E-state index contributed by atoms with van der Waals surface area (Å²) in [7, 11) is 1.90. The normalized spacial score (nSPS) is 17.4. The lowest BCUT2D eigenvalue weighted by atomic mass is 10.1. The van der Waals surface area contributed by atoms with Crippen molar-refractivity contribution in [3.63, 3.8) is 0 Å². The summed E-state index contributed by atoms with van der Waals surface area (Å²) in [5, 5.41) is 13.9. The second-order valence-electron chi connectivity index (χ2n) is 6.70. The molecular formula is C20H24N6O2. The van der Waals surface area contributed by atoms with Crippen LogP contribution in [-0.4, -0.2) is 57.7 Å². The number of aryl methyl sites for hydroxylation is 1. The van der Waals surface area contributed by atoms with Crippen LogP contribution in [0.15, 0.2) is 43.3 Å². The molecule has 0 amide bonds. The van der Waals surface area contributed by atoms with Crippen molar-refractivity contribution in [2.24, 2.45) is 7.05 Å². The van der Waals surface area contributed by atoms with E-state index in [1.807, 2.05) is 25.4 Å². The van der Waals surface area contributed by atoms with Crippen LogP contribution in [0.3, 0.4) is 0 Å². The fraction of sp³-hybridized carbons (Fsp3) is 0.350. The summed E-state index contributed by atoms with van der Waals surface area (Å²) >= 11 is 0. The molecule has 0 bridgehead atoms. The van der Waals surface area contributed by atoms with Crippen molar-refractivity contribution in [2.45, 2.75) is 6.42 Å². The van der Waals surface area contributed by atoms with E-state index in [4.69, 9.17) is 14.7 Å². The minimum Gasteiger partial charge on any atom is -0.516 e. The molecule has 0 aliphatic carbocycles. The number of aliphatic hydroxyl groups excluding tert-OH is 1. The average molecular weight is 380 g/mol. The van der Waals surface area contributed by atoms with Gasteiger partial charge in [-0.1, -0.05) is 18.7 Å². The minimum atomic E-state index is 0.658. The third kappa shape index (κ3) is 3.38. The highest BCUT2D eigenvalue weighted by atomic mass is 16.5. The third-order valence-electron chi connectivity index (χ3n) is 4.91. The van der Waals surface area contributed by atoms with E-state index in [-0.39, 0.29) is 0 Å². The van der Waals surface area contributed by atoms with Crippen LogP contribution >= 0.6 is 0 Å². The lowest BCUT2D eigenvalue weighted by Gasteiger charge is -2.28. The Morgan fingerprint density at radius 3 is 2.75 bits per heavy atom. The Hall–Kier alpha value is -3.13. The molecule has 1 saturated heterocycles. The first-order chi connectivity index (χ1) is 13.7. The van der Waals surface area contributed by atoms with Crippen molar-refractivity contribution in [1.82, 2.24) is 19.7 Å². The quantitative estimate of drug-likeness (QED) is 0.630. The summed E-state index contributed by atoms with van der Waals surface area (Å²) in [6, 6.07) is 1.99. The number of allylic oxidation sites excluding steroid dienone is 4. The maximum atomic E-state index is 9.37. The predicted molar refractivity (Wildman–Crippen MR) is 109 cm³/mol. The number of aromatic nitrogens is 4. The molecule has 1 fully saturated rings. The van der Waals surface area contributed by atoms with E-state index in [0.717, 1.165) is 60.8 Å². The minimum absolute atomic E-state index is 0.658. The number of hydrogen-bond acceptors (Lipinski definition) is 7. The number of anilines is 3. The maximum Gasteiger partial charge on any atom is 0.228 e. The molecule has 2 aromatic heterocycles. The molecule has 28 heavy (non-hydrogen) atoms. The Bertz CT molecular complexity index is 927. The molecule has 8 heteroatoms. The van der Waals surface area contributed by atoms with E-state index in [2.05, 4.69) is 21.5 Å². The zero-order chi connectivity index (χ0) is 19.5. The van der Waals surface area contributed by atoms with Crippen LogP contribution in [0.25, 0.3) is 5.57 Å². The van der Waals surface area contributed by atoms with E-state index < -0.39 is 0 Å². The SMILES string of the molecule is C=CC=C(C=CO)c1nc(N2CCOCC2)nc2c1CCN2c1ccn(C)n1. The third-order valence-corrected chi connectivity index (χ3v) is 4.91. The Labute approximate surface area is 164 Å². The first-order valence-electron chi connectivity index (χ1n) is 9.36. The monoisotopic (exact) mass is 380 g/mol.